The third kappa shape index (κ3) is 5.67. The van der Waals surface area contributed by atoms with Crippen LogP contribution in [0.3, 0.4) is 0 Å². The van der Waals surface area contributed by atoms with E-state index < -0.39 is 4.92 Å². The Balaban J connectivity index is 1.75. The summed E-state index contributed by atoms with van der Waals surface area (Å²) in [6.45, 7) is 0. The number of hydrogen-bond donors (Lipinski definition) is 1. The van der Waals surface area contributed by atoms with E-state index in [0.717, 1.165) is 17.7 Å². The molecule has 1 aliphatic rings. The van der Waals surface area contributed by atoms with Crippen LogP contribution in [0.15, 0.2) is 29.2 Å². The highest BCUT2D eigenvalue weighted by molar-refractivity contribution is 8.00. The van der Waals surface area contributed by atoms with E-state index in [4.69, 9.17) is 0 Å². The topological polar surface area (TPSA) is 72.2 Å². The lowest BCUT2D eigenvalue weighted by molar-refractivity contribution is -0.384. The maximum atomic E-state index is 12.0. The fourth-order valence-electron chi connectivity index (χ4n) is 2.68. The number of non-ortho nitro benzene ring substituents is 1. The van der Waals surface area contributed by atoms with Crippen molar-refractivity contribution in [2.45, 2.75) is 55.9 Å². The Bertz CT molecular complexity index is 497. The molecule has 5 nitrogen and oxygen atoms in total. The lowest BCUT2D eigenvalue weighted by atomic mass is 9.97. The van der Waals surface area contributed by atoms with Crippen LogP contribution >= 0.6 is 11.8 Å². The molecule has 1 aromatic rings. The summed E-state index contributed by atoms with van der Waals surface area (Å²) in [5.74, 6) is 0.405. The number of hydrogen-bond acceptors (Lipinski definition) is 4. The standard InChI is InChI=1S/C16H22N2O3S/c19-16(17-13-6-4-2-1-3-5-7-13)12-22-15-10-8-14(9-11-15)18(20)21/h8-11,13H,1-7,12H2,(H,17,19). The first kappa shape index (κ1) is 16.8. The van der Waals surface area contributed by atoms with Crippen LogP contribution in [0.25, 0.3) is 0 Å². The second kappa shape index (κ2) is 8.78. The van der Waals surface area contributed by atoms with E-state index >= 15 is 0 Å². The molecule has 6 heteroatoms. The van der Waals surface area contributed by atoms with Gasteiger partial charge in [-0.25, -0.2) is 0 Å². The minimum atomic E-state index is -0.421. The van der Waals surface area contributed by atoms with E-state index in [1.165, 1.54) is 56.0 Å². The molecule has 1 N–H and O–H groups in total. The lowest BCUT2D eigenvalue weighted by Crippen LogP contribution is -2.36. The monoisotopic (exact) mass is 322 g/mol. The number of nitro benzene ring substituents is 1. The molecule has 0 unspecified atom stereocenters. The van der Waals surface area contributed by atoms with Crippen molar-refractivity contribution in [1.29, 1.82) is 0 Å². The molecule has 0 heterocycles. The van der Waals surface area contributed by atoms with Gasteiger partial charge in [-0.3, -0.25) is 14.9 Å². The third-order valence-electron chi connectivity index (χ3n) is 3.89. The summed E-state index contributed by atoms with van der Waals surface area (Å²) in [7, 11) is 0. The minimum Gasteiger partial charge on any atom is -0.353 e. The second-order valence-electron chi connectivity index (χ2n) is 5.65. The van der Waals surface area contributed by atoms with Gasteiger partial charge in [0.25, 0.3) is 5.69 Å². The molecule has 0 aliphatic heterocycles. The Hall–Kier alpha value is -1.56. The Morgan fingerprint density at radius 2 is 1.73 bits per heavy atom. The van der Waals surface area contributed by atoms with Crippen molar-refractivity contribution in [3.63, 3.8) is 0 Å². The average molecular weight is 322 g/mol. The molecule has 0 radical (unpaired) electrons. The summed E-state index contributed by atoms with van der Waals surface area (Å²) >= 11 is 1.41. The summed E-state index contributed by atoms with van der Waals surface area (Å²) in [6.07, 6.45) is 8.40. The van der Waals surface area contributed by atoms with Crippen molar-refractivity contribution in [3.8, 4) is 0 Å². The highest BCUT2D eigenvalue weighted by Crippen LogP contribution is 2.22. The Labute approximate surface area is 135 Å². The zero-order chi connectivity index (χ0) is 15.8. The van der Waals surface area contributed by atoms with E-state index in [-0.39, 0.29) is 11.6 Å². The molecular formula is C16H22N2O3S. The summed E-state index contributed by atoms with van der Waals surface area (Å²) in [5, 5.41) is 13.7. The number of carbonyl (C=O) groups is 1. The molecule has 120 valence electrons. The molecular weight excluding hydrogens is 300 g/mol. The molecule has 0 saturated heterocycles. The van der Waals surface area contributed by atoms with Crippen molar-refractivity contribution < 1.29 is 9.72 Å². The number of nitro groups is 1. The van der Waals surface area contributed by atoms with Gasteiger partial charge in [0.1, 0.15) is 0 Å². The normalized spacial score (nSPS) is 16.5. The molecule has 2 rings (SSSR count). The van der Waals surface area contributed by atoms with Crippen molar-refractivity contribution in [2.24, 2.45) is 0 Å². The van der Waals surface area contributed by atoms with E-state index in [1.807, 2.05) is 0 Å². The number of benzene rings is 1. The van der Waals surface area contributed by atoms with Gasteiger partial charge in [0.2, 0.25) is 5.91 Å². The minimum absolute atomic E-state index is 0.0499. The number of carbonyl (C=O) groups excluding carboxylic acids is 1. The van der Waals surface area contributed by atoms with Crippen LogP contribution in [0, 0.1) is 10.1 Å². The van der Waals surface area contributed by atoms with Crippen LogP contribution in [0.2, 0.25) is 0 Å². The number of amides is 1. The lowest BCUT2D eigenvalue weighted by Gasteiger charge is -2.20. The summed E-state index contributed by atoms with van der Waals surface area (Å²) < 4.78 is 0. The Morgan fingerprint density at radius 1 is 1.14 bits per heavy atom. The highest BCUT2D eigenvalue weighted by atomic mass is 32.2. The van der Waals surface area contributed by atoms with Crippen LogP contribution < -0.4 is 5.32 Å². The fourth-order valence-corrected chi connectivity index (χ4v) is 3.39. The zero-order valence-corrected chi connectivity index (χ0v) is 13.4. The molecule has 1 aliphatic carbocycles. The molecule has 0 bridgehead atoms. The van der Waals surface area contributed by atoms with Crippen molar-refractivity contribution in [3.05, 3.63) is 34.4 Å². The van der Waals surface area contributed by atoms with Crippen molar-refractivity contribution >= 4 is 23.4 Å². The maximum Gasteiger partial charge on any atom is 0.269 e. The van der Waals surface area contributed by atoms with Gasteiger partial charge in [-0.1, -0.05) is 32.1 Å². The quantitative estimate of drug-likeness (QED) is 0.507. The SMILES string of the molecule is O=C(CSc1ccc([N+](=O)[O-])cc1)NC1CCCCCCC1. The number of thioether (sulfide) groups is 1. The highest BCUT2D eigenvalue weighted by Gasteiger charge is 2.14. The predicted octanol–water partition coefficient (Wildman–Crippen LogP) is 3.92. The Morgan fingerprint density at radius 3 is 2.32 bits per heavy atom. The van der Waals surface area contributed by atoms with Gasteiger partial charge in [0.05, 0.1) is 10.7 Å². The summed E-state index contributed by atoms with van der Waals surface area (Å²) in [6, 6.07) is 6.62. The first-order valence-electron chi connectivity index (χ1n) is 7.82. The van der Waals surface area contributed by atoms with Gasteiger partial charge in [-0.05, 0) is 25.0 Å². The van der Waals surface area contributed by atoms with E-state index in [1.54, 1.807) is 12.1 Å². The molecule has 0 aromatic heterocycles. The molecule has 0 spiro atoms. The van der Waals surface area contributed by atoms with E-state index in [9.17, 15) is 14.9 Å². The molecule has 22 heavy (non-hydrogen) atoms. The number of nitrogens with one attached hydrogen (secondary N) is 1. The van der Waals surface area contributed by atoms with Gasteiger partial charge in [-0.2, -0.15) is 0 Å². The molecule has 1 amide bonds. The second-order valence-corrected chi connectivity index (χ2v) is 6.70. The third-order valence-corrected chi connectivity index (χ3v) is 4.90. The van der Waals surface area contributed by atoms with Gasteiger partial charge in [0, 0.05) is 23.1 Å². The smallest absolute Gasteiger partial charge is 0.269 e. The van der Waals surface area contributed by atoms with Gasteiger partial charge in [0.15, 0.2) is 0 Å². The number of rotatable bonds is 5. The van der Waals surface area contributed by atoms with Crippen LogP contribution in [0.5, 0.6) is 0 Å². The largest absolute Gasteiger partial charge is 0.353 e. The summed E-state index contributed by atoms with van der Waals surface area (Å²) in [4.78, 5) is 23.1. The predicted molar refractivity (Wildman–Crippen MR) is 88.1 cm³/mol. The van der Waals surface area contributed by atoms with Crippen LogP contribution in [-0.4, -0.2) is 22.6 Å². The number of nitrogens with zero attached hydrogens (tertiary/aromatic N) is 1. The van der Waals surface area contributed by atoms with Crippen molar-refractivity contribution in [2.75, 3.05) is 5.75 Å². The first-order valence-corrected chi connectivity index (χ1v) is 8.80. The average Bonchev–Trinajstić information content (AvgIpc) is 2.48. The molecule has 1 aromatic carbocycles. The molecule has 0 atom stereocenters. The van der Waals surface area contributed by atoms with E-state index in [0.29, 0.717) is 11.8 Å². The zero-order valence-electron chi connectivity index (χ0n) is 12.6. The van der Waals surface area contributed by atoms with Gasteiger partial charge < -0.3 is 5.32 Å². The Kier molecular flexibility index (Phi) is 6.71. The van der Waals surface area contributed by atoms with Crippen molar-refractivity contribution in [1.82, 2.24) is 5.32 Å². The summed E-state index contributed by atoms with van der Waals surface area (Å²) in [5.41, 5.74) is 0.0725. The van der Waals surface area contributed by atoms with Crippen LogP contribution in [0.4, 0.5) is 5.69 Å². The van der Waals surface area contributed by atoms with Crippen LogP contribution in [-0.2, 0) is 4.79 Å². The molecule has 1 fully saturated rings. The first-order chi connectivity index (χ1) is 10.6. The van der Waals surface area contributed by atoms with Gasteiger partial charge >= 0.3 is 0 Å². The van der Waals surface area contributed by atoms with E-state index in [2.05, 4.69) is 5.32 Å². The van der Waals surface area contributed by atoms with Gasteiger partial charge in [-0.15, -0.1) is 11.8 Å². The fraction of sp³-hybridized carbons (Fsp3) is 0.562. The molecule has 1 saturated carbocycles. The maximum absolute atomic E-state index is 12.0. The van der Waals surface area contributed by atoms with Crippen LogP contribution in [0.1, 0.15) is 44.9 Å².